The molecular formula is H4Cd2O4Ti. The summed E-state index contributed by atoms with van der Waals surface area (Å²) in [4.78, 5) is 0. The molecule has 0 saturated carbocycles. The fourth-order valence-electron chi connectivity index (χ4n) is 0. The van der Waals surface area contributed by atoms with Gasteiger partial charge >= 0.3 is 54.6 Å². The first-order valence-corrected chi connectivity index (χ1v) is 0. The van der Waals surface area contributed by atoms with Gasteiger partial charge in [0.1, 0.15) is 0 Å². The van der Waals surface area contributed by atoms with Crippen LogP contribution < -0.4 is 0 Å². The van der Waals surface area contributed by atoms with E-state index in [-0.39, 0.29) is 98.2 Å². The molecule has 4 nitrogen and oxygen atoms in total. The molecule has 0 aromatic heterocycles. The van der Waals surface area contributed by atoms with Crippen molar-refractivity contribution in [2.45, 2.75) is 0 Å². The van der Waals surface area contributed by atoms with E-state index >= 15 is 0 Å². The van der Waals surface area contributed by atoms with E-state index in [2.05, 4.69) is 0 Å². The molecule has 4 N–H and O–H groups in total. The van der Waals surface area contributed by atoms with Crippen LogP contribution >= 0.6 is 0 Å². The van der Waals surface area contributed by atoms with Crippen LogP contribution in [-0.4, -0.2) is 21.9 Å². The predicted octanol–water partition coefficient (Wildman–Crippen LogP) is -0.715. The molecular weight excluding hydrogens is 337 g/mol. The minimum Gasteiger partial charge on any atom is -0.870 e. The zero-order chi connectivity index (χ0) is 0. The third kappa shape index (κ3) is 59.8. The van der Waals surface area contributed by atoms with E-state index in [1.165, 1.54) is 0 Å². The van der Waals surface area contributed by atoms with Crippen molar-refractivity contribution in [1.82, 2.24) is 0 Å². The summed E-state index contributed by atoms with van der Waals surface area (Å²) in [7, 11) is 0. The summed E-state index contributed by atoms with van der Waals surface area (Å²) in [5.41, 5.74) is 0. The number of hydrogen-bond acceptors (Lipinski definition) is 4. The van der Waals surface area contributed by atoms with Gasteiger partial charge in [-0.3, -0.25) is 0 Å². The van der Waals surface area contributed by atoms with E-state index < -0.39 is 0 Å². The molecule has 7 heteroatoms. The second-order valence-electron chi connectivity index (χ2n) is 0. The first-order valence-electron chi connectivity index (χ1n) is 0. The summed E-state index contributed by atoms with van der Waals surface area (Å²) < 4.78 is 0. The molecule has 0 saturated heterocycles. The van der Waals surface area contributed by atoms with Gasteiger partial charge in [0.25, 0.3) is 0 Å². The number of rotatable bonds is 0. The van der Waals surface area contributed by atoms with Gasteiger partial charge in [0.2, 0.25) is 0 Å². The van der Waals surface area contributed by atoms with E-state index in [9.17, 15) is 0 Å². The molecule has 0 aliphatic rings. The van der Waals surface area contributed by atoms with Gasteiger partial charge in [0.15, 0.2) is 0 Å². The molecule has 0 aliphatic carbocycles. The first-order chi connectivity index (χ1) is 0. The van der Waals surface area contributed by atoms with E-state index in [4.69, 9.17) is 0 Å². The Labute approximate surface area is 96.9 Å². The summed E-state index contributed by atoms with van der Waals surface area (Å²) in [6.07, 6.45) is 0. The molecule has 0 aliphatic heterocycles. The molecule has 0 heterocycles. The van der Waals surface area contributed by atoms with Gasteiger partial charge in [-0.2, -0.15) is 0 Å². The standard InChI is InChI=1S/2Cd.4H2O.Ti/h;;4*1H2;/q2*+2;;;;;/p-4. The average Bonchev–Trinajstić information content (AvgIpc) is 0. The predicted molar refractivity (Wildman–Crippen MR) is 7.74 cm³/mol. The Morgan fingerprint density at radius 1 is 0.429 bits per heavy atom. The summed E-state index contributed by atoms with van der Waals surface area (Å²) >= 11 is 0. The Kier molecular flexibility index (Phi) is 1320. The second kappa shape index (κ2) is 79.9. The quantitative estimate of drug-likeness (QED) is 0.540. The molecule has 7 heavy (non-hydrogen) atoms. The van der Waals surface area contributed by atoms with Crippen molar-refractivity contribution in [1.29, 1.82) is 0 Å². The SMILES string of the molecule is [Cd+2].[Cd+2].[OH-].[OH-].[OH-].[OH-].[Ti]. The van der Waals surface area contributed by atoms with Crippen molar-refractivity contribution >= 4 is 0 Å². The maximum Gasteiger partial charge on any atom is 2.00 e. The molecule has 0 rings (SSSR count). The molecule has 36 valence electrons. The van der Waals surface area contributed by atoms with Gasteiger partial charge in [0, 0.05) is 21.7 Å². The smallest absolute Gasteiger partial charge is 0.870 e. The Bertz CT molecular complexity index is 9.65. The zero-order valence-electron chi connectivity index (χ0n) is 3.70. The maximum atomic E-state index is 0. The molecule has 0 aromatic carbocycles. The van der Waals surface area contributed by atoms with Crippen LogP contribution in [0.15, 0.2) is 0 Å². The van der Waals surface area contributed by atoms with Crippen molar-refractivity contribution in [2.75, 3.05) is 0 Å². The Morgan fingerprint density at radius 2 is 0.429 bits per heavy atom. The summed E-state index contributed by atoms with van der Waals surface area (Å²) in [5, 5.41) is 0. The van der Waals surface area contributed by atoms with Crippen molar-refractivity contribution in [2.24, 2.45) is 0 Å². The maximum absolute atomic E-state index is 0. The van der Waals surface area contributed by atoms with Crippen LogP contribution in [0, 0.1) is 0 Å². The molecule has 0 spiro atoms. The summed E-state index contributed by atoms with van der Waals surface area (Å²) in [6, 6.07) is 0. The normalized spacial score (nSPS) is 0. The number of hydrogen-bond donors (Lipinski definition) is 0. The Balaban J connectivity index is 0. The zero-order valence-corrected chi connectivity index (χ0v) is 13.3. The van der Waals surface area contributed by atoms with E-state index in [0.717, 1.165) is 0 Å². The van der Waals surface area contributed by atoms with Gasteiger partial charge in [-0.15, -0.1) is 0 Å². The molecule has 0 amide bonds. The van der Waals surface area contributed by atoms with Crippen molar-refractivity contribution in [3.63, 3.8) is 0 Å². The van der Waals surface area contributed by atoms with Gasteiger partial charge in [-0.1, -0.05) is 0 Å². The monoisotopic (exact) mass is 344 g/mol. The van der Waals surface area contributed by atoms with Crippen molar-refractivity contribution < 1.29 is 98.2 Å². The fraction of sp³-hybridized carbons (Fsp3) is 0. The molecule has 0 unspecified atom stereocenters. The van der Waals surface area contributed by atoms with Crippen LogP contribution in [0.5, 0.6) is 0 Å². The molecule has 0 radical (unpaired) electrons. The summed E-state index contributed by atoms with van der Waals surface area (Å²) in [5.74, 6) is 0. The van der Waals surface area contributed by atoms with E-state index in [0.29, 0.717) is 0 Å². The average molecular weight is 341 g/mol. The molecule has 0 bridgehead atoms. The summed E-state index contributed by atoms with van der Waals surface area (Å²) in [6.45, 7) is 0. The van der Waals surface area contributed by atoms with Gasteiger partial charge in [-0.05, 0) is 0 Å². The minimum atomic E-state index is 0. The second-order valence-corrected chi connectivity index (χ2v) is 0. The van der Waals surface area contributed by atoms with Crippen LogP contribution in [0.1, 0.15) is 0 Å². The topological polar surface area (TPSA) is 120 Å². The first kappa shape index (κ1) is 115. The largest absolute Gasteiger partial charge is 2.00 e. The van der Waals surface area contributed by atoms with Crippen LogP contribution in [0.25, 0.3) is 0 Å². The van der Waals surface area contributed by atoms with Gasteiger partial charge < -0.3 is 21.9 Å². The third-order valence-electron chi connectivity index (χ3n) is 0. The fourth-order valence-corrected chi connectivity index (χ4v) is 0. The van der Waals surface area contributed by atoms with Crippen LogP contribution in [0.4, 0.5) is 0 Å². The third-order valence-corrected chi connectivity index (χ3v) is 0. The van der Waals surface area contributed by atoms with Gasteiger partial charge in [0.05, 0.1) is 0 Å². The molecule has 0 atom stereocenters. The van der Waals surface area contributed by atoms with Crippen molar-refractivity contribution in [3.05, 3.63) is 0 Å². The van der Waals surface area contributed by atoms with Crippen LogP contribution in [-0.2, 0) is 76.3 Å². The minimum absolute atomic E-state index is 0. The van der Waals surface area contributed by atoms with E-state index in [1.54, 1.807) is 0 Å². The Hall–Kier alpha value is 2.40. The van der Waals surface area contributed by atoms with E-state index in [1.807, 2.05) is 0 Å². The van der Waals surface area contributed by atoms with Crippen LogP contribution in [0.2, 0.25) is 0 Å². The van der Waals surface area contributed by atoms with Crippen molar-refractivity contribution in [3.8, 4) is 0 Å². The molecule has 0 aromatic rings. The van der Waals surface area contributed by atoms with Crippen LogP contribution in [0.3, 0.4) is 0 Å². The van der Waals surface area contributed by atoms with Gasteiger partial charge in [-0.25, -0.2) is 0 Å². The Morgan fingerprint density at radius 3 is 0.429 bits per heavy atom. The molecule has 0 fully saturated rings.